The topological polar surface area (TPSA) is 70.0 Å². The third-order valence-electron chi connectivity index (χ3n) is 3.01. The van der Waals surface area contributed by atoms with Gasteiger partial charge in [-0.3, -0.25) is 0 Å². The minimum absolute atomic E-state index is 0.0313. The molecule has 1 aromatic carbocycles. The van der Waals surface area contributed by atoms with Crippen molar-refractivity contribution in [1.82, 2.24) is 4.72 Å². The second kappa shape index (κ2) is 5.27. The first kappa shape index (κ1) is 15.6. The molecule has 0 aliphatic rings. The van der Waals surface area contributed by atoms with Crippen LogP contribution in [0.2, 0.25) is 0 Å². The zero-order chi connectivity index (χ0) is 14.8. The van der Waals surface area contributed by atoms with E-state index in [1.807, 2.05) is 6.07 Å². The molecular formula is C13H17FN2O2S. The van der Waals surface area contributed by atoms with Crippen molar-refractivity contribution in [2.45, 2.75) is 44.6 Å². The molecule has 0 fully saturated rings. The van der Waals surface area contributed by atoms with Crippen molar-refractivity contribution in [2.75, 3.05) is 0 Å². The van der Waals surface area contributed by atoms with Crippen molar-refractivity contribution >= 4 is 10.0 Å². The maximum Gasteiger partial charge on any atom is 0.242 e. The summed E-state index contributed by atoms with van der Waals surface area (Å²) in [6.07, 6.45) is 0.335. The Labute approximate surface area is 113 Å². The number of nitrogens with one attached hydrogen (secondary N) is 1. The molecule has 0 saturated carbocycles. The zero-order valence-corrected chi connectivity index (χ0v) is 12.2. The average molecular weight is 284 g/mol. The maximum atomic E-state index is 13.2. The van der Waals surface area contributed by atoms with Gasteiger partial charge in [-0.05, 0) is 50.5 Å². The first-order chi connectivity index (χ1) is 8.65. The van der Waals surface area contributed by atoms with Gasteiger partial charge in [-0.15, -0.1) is 0 Å². The Morgan fingerprint density at radius 1 is 1.37 bits per heavy atom. The van der Waals surface area contributed by atoms with Gasteiger partial charge in [-0.2, -0.15) is 9.98 Å². The van der Waals surface area contributed by atoms with E-state index in [9.17, 15) is 12.8 Å². The van der Waals surface area contributed by atoms with Crippen LogP contribution in [0.5, 0.6) is 0 Å². The summed E-state index contributed by atoms with van der Waals surface area (Å²) in [5.74, 6) is -0.479. The van der Waals surface area contributed by atoms with E-state index in [0.29, 0.717) is 17.5 Å². The molecule has 104 valence electrons. The van der Waals surface area contributed by atoms with E-state index in [-0.39, 0.29) is 4.90 Å². The van der Waals surface area contributed by atoms with Crippen molar-refractivity contribution < 1.29 is 12.8 Å². The fraction of sp³-hybridized carbons (Fsp3) is 0.462. The minimum Gasteiger partial charge on any atom is -0.207 e. The number of nitriles is 1. The summed E-state index contributed by atoms with van der Waals surface area (Å²) in [4.78, 5) is 0.0313. The van der Waals surface area contributed by atoms with Crippen LogP contribution in [0.1, 0.15) is 31.4 Å². The summed E-state index contributed by atoms with van der Waals surface area (Å²) in [5.41, 5.74) is -0.533. The number of nitrogens with zero attached hydrogens (tertiary/aromatic N) is 1. The van der Waals surface area contributed by atoms with Gasteiger partial charge in [-0.1, -0.05) is 6.92 Å². The maximum absolute atomic E-state index is 13.2. The molecule has 19 heavy (non-hydrogen) atoms. The molecule has 0 aliphatic heterocycles. The van der Waals surface area contributed by atoms with Crippen molar-refractivity contribution in [3.63, 3.8) is 0 Å². The number of benzene rings is 1. The lowest BCUT2D eigenvalue weighted by atomic mass is 10.0. The molecule has 0 saturated heterocycles. The van der Waals surface area contributed by atoms with E-state index < -0.39 is 21.4 Å². The lowest BCUT2D eigenvalue weighted by Crippen LogP contribution is -2.44. The van der Waals surface area contributed by atoms with Gasteiger partial charge < -0.3 is 0 Å². The third-order valence-corrected chi connectivity index (χ3v) is 4.91. The van der Waals surface area contributed by atoms with Gasteiger partial charge in [0.05, 0.1) is 11.0 Å². The summed E-state index contributed by atoms with van der Waals surface area (Å²) in [6.45, 7) is 6.29. The molecule has 0 aromatic heterocycles. The third kappa shape index (κ3) is 3.31. The van der Waals surface area contributed by atoms with Gasteiger partial charge >= 0.3 is 0 Å². The van der Waals surface area contributed by atoms with Crippen molar-refractivity contribution in [3.8, 4) is 6.07 Å². The monoisotopic (exact) mass is 284 g/mol. The summed E-state index contributed by atoms with van der Waals surface area (Å²) in [5, 5.41) is 9.04. The largest absolute Gasteiger partial charge is 0.242 e. The molecule has 0 radical (unpaired) electrons. The lowest BCUT2D eigenvalue weighted by Gasteiger charge is -2.22. The molecule has 1 rings (SSSR count). The van der Waals surface area contributed by atoms with Gasteiger partial charge in [0.1, 0.15) is 11.4 Å². The molecule has 0 amide bonds. The average Bonchev–Trinajstić information content (AvgIpc) is 2.26. The van der Waals surface area contributed by atoms with Gasteiger partial charge in [-0.25, -0.2) is 12.8 Å². The Kier molecular flexibility index (Phi) is 4.33. The Hall–Kier alpha value is -1.45. The predicted molar refractivity (Wildman–Crippen MR) is 70.5 cm³/mol. The molecule has 0 heterocycles. The van der Waals surface area contributed by atoms with E-state index in [2.05, 4.69) is 4.72 Å². The van der Waals surface area contributed by atoms with E-state index in [1.54, 1.807) is 6.92 Å². The summed E-state index contributed by atoms with van der Waals surface area (Å²) in [7, 11) is -3.86. The van der Waals surface area contributed by atoms with Crippen LogP contribution < -0.4 is 4.72 Å². The van der Waals surface area contributed by atoms with E-state index in [4.69, 9.17) is 5.26 Å². The number of rotatable bonds is 4. The molecule has 1 unspecified atom stereocenters. The lowest BCUT2D eigenvalue weighted by molar-refractivity contribution is 0.494. The van der Waals surface area contributed by atoms with Crippen LogP contribution in [0.3, 0.4) is 0 Å². The van der Waals surface area contributed by atoms with E-state index in [0.717, 1.165) is 12.1 Å². The smallest absolute Gasteiger partial charge is 0.207 e. The molecule has 0 aliphatic carbocycles. The molecule has 1 aromatic rings. The molecule has 6 heteroatoms. The zero-order valence-electron chi connectivity index (χ0n) is 11.4. The highest BCUT2D eigenvalue weighted by Crippen LogP contribution is 2.23. The standard InChI is InChI=1S/C13H17FN2O2S/c1-5-13(4,8-15)16-19(17,18)12-9(2)6-11(14)7-10(12)3/h6-7,16H,5H2,1-4H3. The van der Waals surface area contributed by atoms with Gasteiger partial charge in [0.2, 0.25) is 10.0 Å². The molecule has 4 nitrogen and oxygen atoms in total. The molecule has 1 N–H and O–H groups in total. The van der Waals surface area contributed by atoms with Crippen molar-refractivity contribution in [1.29, 1.82) is 5.26 Å². The number of aryl methyl sites for hydroxylation is 2. The highest BCUT2D eigenvalue weighted by molar-refractivity contribution is 7.89. The fourth-order valence-electron chi connectivity index (χ4n) is 1.84. The number of hydrogen-bond acceptors (Lipinski definition) is 3. The van der Waals surface area contributed by atoms with Crippen LogP contribution in [-0.2, 0) is 10.0 Å². The van der Waals surface area contributed by atoms with Crippen LogP contribution in [0.25, 0.3) is 0 Å². The van der Waals surface area contributed by atoms with Crippen molar-refractivity contribution in [3.05, 3.63) is 29.1 Å². The predicted octanol–water partition coefficient (Wildman–Crippen LogP) is 2.41. The normalized spacial score (nSPS) is 14.7. The number of halogens is 1. The van der Waals surface area contributed by atoms with Crippen LogP contribution >= 0.6 is 0 Å². The van der Waals surface area contributed by atoms with E-state index >= 15 is 0 Å². The number of sulfonamides is 1. The minimum atomic E-state index is -3.86. The Bertz CT molecular complexity index is 612. The quantitative estimate of drug-likeness (QED) is 0.923. The highest BCUT2D eigenvalue weighted by Gasteiger charge is 2.30. The molecular weight excluding hydrogens is 267 g/mol. The first-order valence-corrected chi connectivity index (χ1v) is 7.35. The van der Waals surface area contributed by atoms with Gasteiger partial charge in [0.15, 0.2) is 0 Å². The number of hydrogen-bond donors (Lipinski definition) is 1. The Balaban J connectivity index is 3.35. The first-order valence-electron chi connectivity index (χ1n) is 5.87. The SMILES string of the molecule is CCC(C)(C#N)NS(=O)(=O)c1c(C)cc(F)cc1C. The van der Waals surface area contributed by atoms with Crippen LogP contribution in [-0.4, -0.2) is 14.0 Å². The van der Waals surface area contributed by atoms with Gasteiger partial charge in [0, 0.05) is 0 Å². The van der Waals surface area contributed by atoms with Crippen molar-refractivity contribution in [2.24, 2.45) is 0 Å². The van der Waals surface area contributed by atoms with Crippen LogP contribution in [0, 0.1) is 31.0 Å². The Morgan fingerprint density at radius 3 is 2.21 bits per heavy atom. The summed E-state index contributed by atoms with van der Waals surface area (Å²) < 4.78 is 40.2. The van der Waals surface area contributed by atoms with Crippen LogP contribution in [0.15, 0.2) is 17.0 Å². The molecule has 0 bridgehead atoms. The second-order valence-electron chi connectivity index (χ2n) is 4.77. The molecule has 0 spiro atoms. The second-order valence-corrected chi connectivity index (χ2v) is 6.39. The summed E-state index contributed by atoms with van der Waals surface area (Å²) in [6, 6.07) is 4.27. The highest BCUT2D eigenvalue weighted by atomic mass is 32.2. The summed E-state index contributed by atoms with van der Waals surface area (Å²) >= 11 is 0. The Morgan fingerprint density at radius 2 is 1.84 bits per heavy atom. The van der Waals surface area contributed by atoms with Crippen LogP contribution in [0.4, 0.5) is 4.39 Å². The fourth-order valence-corrected chi connectivity index (χ4v) is 3.69. The van der Waals surface area contributed by atoms with Gasteiger partial charge in [0.25, 0.3) is 0 Å². The molecule has 1 atom stereocenters. The van der Waals surface area contributed by atoms with E-state index in [1.165, 1.54) is 20.8 Å².